The van der Waals surface area contributed by atoms with Crippen LogP contribution in [0.4, 0.5) is 0 Å². The number of ether oxygens (including phenoxy) is 1. The first kappa shape index (κ1) is 11.1. The standard InChI is InChI=1S/C11H11NO3/c1-11(2,10(13)14)15-9-5-3-8(7-12)4-6-9/h3-6H,1-2H3,(H,13,14). The molecule has 0 atom stereocenters. The van der Waals surface area contributed by atoms with Crippen molar-refractivity contribution in [2.24, 2.45) is 0 Å². The first-order valence-corrected chi connectivity index (χ1v) is 4.38. The molecule has 0 heterocycles. The fourth-order valence-corrected chi connectivity index (χ4v) is 0.936. The molecular weight excluding hydrogens is 194 g/mol. The number of aliphatic carboxylic acids is 1. The molecular formula is C11H11NO3. The molecule has 0 aliphatic heterocycles. The van der Waals surface area contributed by atoms with Gasteiger partial charge in [-0.05, 0) is 38.1 Å². The SMILES string of the molecule is CC(C)(Oc1ccc(C#N)cc1)C(=O)O. The molecule has 0 saturated carbocycles. The molecule has 0 amide bonds. The zero-order chi connectivity index (χ0) is 11.5. The number of carboxylic acids is 1. The van der Waals surface area contributed by atoms with E-state index in [0.717, 1.165) is 0 Å². The molecule has 1 aromatic rings. The Balaban J connectivity index is 2.83. The second-order valence-corrected chi connectivity index (χ2v) is 3.55. The Labute approximate surface area is 87.7 Å². The van der Waals surface area contributed by atoms with Crippen LogP contribution in [0.1, 0.15) is 19.4 Å². The van der Waals surface area contributed by atoms with E-state index < -0.39 is 11.6 Å². The van der Waals surface area contributed by atoms with Gasteiger partial charge < -0.3 is 9.84 Å². The summed E-state index contributed by atoms with van der Waals surface area (Å²) in [5.74, 6) is -0.603. The number of nitriles is 1. The molecule has 0 aliphatic rings. The zero-order valence-corrected chi connectivity index (χ0v) is 8.52. The lowest BCUT2D eigenvalue weighted by molar-refractivity contribution is -0.152. The van der Waals surface area contributed by atoms with Gasteiger partial charge in [-0.25, -0.2) is 4.79 Å². The average molecular weight is 205 g/mol. The Morgan fingerprint density at radius 1 is 1.40 bits per heavy atom. The highest BCUT2D eigenvalue weighted by Gasteiger charge is 2.29. The molecule has 4 nitrogen and oxygen atoms in total. The highest BCUT2D eigenvalue weighted by Crippen LogP contribution is 2.18. The van der Waals surface area contributed by atoms with Crippen LogP contribution < -0.4 is 4.74 Å². The van der Waals surface area contributed by atoms with Crippen LogP contribution in [0.25, 0.3) is 0 Å². The third kappa shape index (κ3) is 2.71. The second-order valence-electron chi connectivity index (χ2n) is 3.55. The molecule has 0 aliphatic carbocycles. The molecule has 0 aromatic heterocycles. The average Bonchev–Trinajstić information content (AvgIpc) is 2.18. The minimum Gasteiger partial charge on any atom is -0.478 e. The molecule has 0 spiro atoms. The summed E-state index contributed by atoms with van der Waals surface area (Å²) in [6.07, 6.45) is 0. The summed E-state index contributed by atoms with van der Waals surface area (Å²) in [5, 5.41) is 17.4. The van der Waals surface area contributed by atoms with Crippen LogP contribution in [-0.2, 0) is 4.79 Å². The summed E-state index contributed by atoms with van der Waals surface area (Å²) < 4.78 is 5.25. The number of nitrogens with zero attached hydrogens (tertiary/aromatic N) is 1. The van der Waals surface area contributed by atoms with Crippen LogP contribution in [0.2, 0.25) is 0 Å². The van der Waals surface area contributed by atoms with Crippen molar-refractivity contribution in [3.05, 3.63) is 29.8 Å². The number of rotatable bonds is 3. The van der Waals surface area contributed by atoms with Gasteiger partial charge in [0, 0.05) is 0 Å². The van der Waals surface area contributed by atoms with Gasteiger partial charge in [-0.1, -0.05) is 0 Å². The Kier molecular flexibility index (Phi) is 2.96. The smallest absolute Gasteiger partial charge is 0.347 e. The maximum absolute atomic E-state index is 10.8. The van der Waals surface area contributed by atoms with E-state index >= 15 is 0 Å². The number of carboxylic acid groups (broad SMARTS) is 1. The summed E-state index contributed by atoms with van der Waals surface area (Å²) in [4.78, 5) is 10.8. The van der Waals surface area contributed by atoms with Gasteiger partial charge in [0.1, 0.15) is 5.75 Å². The van der Waals surface area contributed by atoms with Crippen molar-refractivity contribution in [1.29, 1.82) is 5.26 Å². The summed E-state index contributed by atoms with van der Waals surface area (Å²) >= 11 is 0. The van der Waals surface area contributed by atoms with Crippen LogP contribution in [0.5, 0.6) is 5.75 Å². The van der Waals surface area contributed by atoms with E-state index in [1.54, 1.807) is 24.3 Å². The van der Waals surface area contributed by atoms with Gasteiger partial charge in [0.2, 0.25) is 0 Å². The molecule has 0 fully saturated rings. The summed E-state index contributed by atoms with van der Waals surface area (Å²) in [5.41, 5.74) is -0.760. The van der Waals surface area contributed by atoms with Gasteiger partial charge in [0.25, 0.3) is 0 Å². The molecule has 0 unspecified atom stereocenters. The minimum absolute atomic E-state index is 0.432. The topological polar surface area (TPSA) is 70.3 Å². The van der Waals surface area contributed by atoms with Crippen LogP contribution in [0.15, 0.2) is 24.3 Å². The number of benzene rings is 1. The lowest BCUT2D eigenvalue weighted by atomic mass is 10.1. The molecule has 1 rings (SSSR count). The van der Waals surface area contributed by atoms with Crippen LogP contribution in [0.3, 0.4) is 0 Å². The van der Waals surface area contributed by atoms with Crippen LogP contribution in [0, 0.1) is 11.3 Å². The minimum atomic E-state index is -1.27. The Morgan fingerprint density at radius 2 is 1.93 bits per heavy atom. The van der Waals surface area contributed by atoms with Gasteiger partial charge >= 0.3 is 5.97 Å². The molecule has 1 N–H and O–H groups in total. The van der Waals surface area contributed by atoms with E-state index in [2.05, 4.69) is 0 Å². The lowest BCUT2D eigenvalue weighted by Crippen LogP contribution is -2.37. The molecule has 1 aromatic carbocycles. The normalized spacial score (nSPS) is 10.5. The van der Waals surface area contributed by atoms with Crippen molar-refractivity contribution in [1.82, 2.24) is 0 Å². The van der Waals surface area contributed by atoms with Crippen molar-refractivity contribution < 1.29 is 14.6 Å². The van der Waals surface area contributed by atoms with E-state index in [-0.39, 0.29) is 0 Å². The quantitative estimate of drug-likeness (QED) is 0.816. The summed E-state index contributed by atoms with van der Waals surface area (Å²) in [7, 11) is 0. The van der Waals surface area contributed by atoms with Gasteiger partial charge in [-0.3, -0.25) is 0 Å². The number of hydrogen-bond acceptors (Lipinski definition) is 3. The van der Waals surface area contributed by atoms with Crippen molar-refractivity contribution in [2.75, 3.05) is 0 Å². The number of hydrogen-bond donors (Lipinski definition) is 1. The van der Waals surface area contributed by atoms with Crippen LogP contribution in [-0.4, -0.2) is 16.7 Å². The van der Waals surface area contributed by atoms with Gasteiger partial charge in [-0.2, -0.15) is 5.26 Å². The fourth-order valence-electron chi connectivity index (χ4n) is 0.936. The van der Waals surface area contributed by atoms with E-state index in [1.807, 2.05) is 6.07 Å². The Bertz CT molecular complexity index is 401. The van der Waals surface area contributed by atoms with Crippen molar-refractivity contribution in [3.63, 3.8) is 0 Å². The molecule has 4 heteroatoms. The maximum atomic E-state index is 10.8. The third-order valence-corrected chi connectivity index (χ3v) is 1.87. The van der Waals surface area contributed by atoms with E-state index in [0.29, 0.717) is 11.3 Å². The second kappa shape index (κ2) is 4.01. The zero-order valence-electron chi connectivity index (χ0n) is 8.52. The van der Waals surface area contributed by atoms with Crippen molar-refractivity contribution in [2.45, 2.75) is 19.4 Å². The third-order valence-electron chi connectivity index (χ3n) is 1.87. The largest absolute Gasteiger partial charge is 0.478 e. The molecule has 78 valence electrons. The van der Waals surface area contributed by atoms with Gasteiger partial charge in [0.15, 0.2) is 5.60 Å². The van der Waals surface area contributed by atoms with Crippen LogP contribution >= 0.6 is 0 Å². The first-order valence-electron chi connectivity index (χ1n) is 4.38. The lowest BCUT2D eigenvalue weighted by Gasteiger charge is -2.21. The summed E-state index contributed by atoms with van der Waals surface area (Å²) in [6, 6.07) is 8.27. The Hall–Kier alpha value is -2.02. The van der Waals surface area contributed by atoms with Crippen molar-refractivity contribution in [3.8, 4) is 11.8 Å². The van der Waals surface area contributed by atoms with E-state index in [1.165, 1.54) is 13.8 Å². The molecule has 15 heavy (non-hydrogen) atoms. The summed E-state index contributed by atoms with van der Waals surface area (Å²) in [6.45, 7) is 2.93. The maximum Gasteiger partial charge on any atom is 0.347 e. The predicted molar refractivity (Wildman–Crippen MR) is 53.5 cm³/mol. The number of carbonyl (C=O) groups is 1. The molecule has 0 saturated heterocycles. The highest BCUT2D eigenvalue weighted by molar-refractivity contribution is 5.76. The van der Waals surface area contributed by atoms with Gasteiger partial charge in [-0.15, -0.1) is 0 Å². The van der Waals surface area contributed by atoms with Crippen molar-refractivity contribution >= 4 is 5.97 Å². The molecule has 0 radical (unpaired) electrons. The monoisotopic (exact) mass is 205 g/mol. The predicted octanol–water partition coefficient (Wildman–Crippen LogP) is 1.80. The Morgan fingerprint density at radius 3 is 2.33 bits per heavy atom. The highest BCUT2D eigenvalue weighted by atomic mass is 16.5. The van der Waals surface area contributed by atoms with Gasteiger partial charge in [0.05, 0.1) is 11.6 Å². The van der Waals surface area contributed by atoms with E-state index in [4.69, 9.17) is 15.1 Å². The first-order chi connectivity index (χ1) is 6.95. The fraction of sp³-hybridized carbons (Fsp3) is 0.273. The van der Waals surface area contributed by atoms with E-state index in [9.17, 15) is 4.79 Å². The molecule has 0 bridgehead atoms.